The van der Waals surface area contributed by atoms with E-state index in [1.165, 1.54) is 17.4 Å². The van der Waals surface area contributed by atoms with Gasteiger partial charge in [-0.3, -0.25) is 4.98 Å². The number of nitrogens with zero attached hydrogens (tertiary/aromatic N) is 2. The molecule has 1 atom stereocenters. The SMILES string of the molecule is Cc1ccc2c(c1)C=C(CO)c1cccnc1C2C1CCN(S(C)(=O)=O)CC1. The smallest absolute Gasteiger partial charge is 0.211 e. The van der Waals surface area contributed by atoms with Gasteiger partial charge < -0.3 is 5.11 Å². The topological polar surface area (TPSA) is 70.5 Å². The molecule has 1 N–H and O–H groups in total. The highest BCUT2D eigenvalue weighted by Crippen LogP contribution is 2.44. The van der Waals surface area contributed by atoms with Crippen LogP contribution in [0.15, 0.2) is 36.5 Å². The van der Waals surface area contributed by atoms with Crippen LogP contribution in [0.2, 0.25) is 0 Å². The molecule has 0 spiro atoms. The van der Waals surface area contributed by atoms with Crippen LogP contribution in [-0.2, 0) is 10.0 Å². The number of benzene rings is 1. The van der Waals surface area contributed by atoms with E-state index < -0.39 is 10.0 Å². The van der Waals surface area contributed by atoms with Crippen LogP contribution in [0.1, 0.15) is 46.7 Å². The average molecular weight is 399 g/mol. The summed E-state index contributed by atoms with van der Waals surface area (Å²) in [6.45, 7) is 3.13. The predicted molar refractivity (Wildman–Crippen MR) is 111 cm³/mol. The summed E-state index contributed by atoms with van der Waals surface area (Å²) in [7, 11) is -3.15. The zero-order chi connectivity index (χ0) is 19.9. The molecule has 1 aromatic carbocycles. The third-order valence-corrected chi connectivity index (χ3v) is 7.30. The Hall–Kier alpha value is -2.02. The molecule has 1 aliphatic heterocycles. The molecule has 4 rings (SSSR count). The quantitative estimate of drug-likeness (QED) is 0.863. The molecule has 1 fully saturated rings. The van der Waals surface area contributed by atoms with E-state index in [9.17, 15) is 13.5 Å². The maximum Gasteiger partial charge on any atom is 0.211 e. The second-order valence-corrected chi connectivity index (χ2v) is 9.86. The Kier molecular flexibility index (Phi) is 5.12. The summed E-state index contributed by atoms with van der Waals surface area (Å²) in [6, 6.07) is 10.4. The monoisotopic (exact) mass is 398 g/mol. The average Bonchev–Trinajstić information content (AvgIpc) is 2.81. The molecule has 2 heterocycles. The summed E-state index contributed by atoms with van der Waals surface area (Å²) in [5.41, 5.74) is 6.38. The van der Waals surface area contributed by atoms with Gasteiger partial charge in [0.1, 0.15) is 0 Å². The molecule has 1 saturated heterocycles. The minimum Gasteiger partial charge on any atom is -0.392 e. The van der Waals surface area contributed by atoms with Crippen molar-refractivity contribution in [3.8, 4) is 0 Å². The standard InChI is InChI=1S/C22H26N2O3S/c1-15-5-6-19-17(12-15)13-18(14-25)20-4-3-9-23-22(20)21(19)16-7-10-24(11-8-16)28(2,26)27/h3-6,9,12-13,16,21,25H,7-8,10-11,14H2,1-2H3. The highest BCUT2D eigenvalue weighted by Gasteiger charge is 2.35. The molecular formula is C22H26N2O3S. The molecule has 6 heteroatoms. The van der Waals surface area contributed by atoms with Crippen LogP contribution in [-0.4, -0.2) is 48.8 Å². The molecule has 2 aliphatic rings. The minimum atomic E-state index is -3.15. The number of aryl methyl sites for hydroxylation is 1. The normalized spacial score (nSPS) is 20.8. The van der Waals surface area contributed by atoms with Crippen molar-refractivity contribution in [1.29, 1.82) is 0 Å². The molecule has 0 bridgehead atoms. The number of pyridine rings is 1. The van der Waals surface area contributed by atoms with Crippen LogP contribution in [0.25, 0.3) is 11.6 Å². The summed E-state index contributed by atoms with van der Waals surface area (Å²) in [5.74, 6) is 0.397. The second kappa shape index (κ2) is 7.43. The van der Waals surface area contributed by atoms with E-state index >= 15 is 0 Å². The van der Waals surface area contributed by atoms with E-state index in [-0.39, 0.29) is 12.5 Å². The molecule has 5 nitrogen and oxygen atoms in total. The largest absolute Gasteiger partial charge is 0.392 e. The summed E-state index contributed by atoms with van der Waals surface area (Å²) in [4.78, 5) is 4.74. The third kappa shape index (κ3) is 3.52. The van der Waals surface area contributed by atoms with Crippen molar-refractivity contribution in [2.45, 2.75) is 25.7 Å². The summed E-state index contributed by atoms with van der Waals surface area (Å²) >= 11 is 0. The van der Waals surface area contributed by atoms with Gasteiger partial charge in [-0.15, -0.1) is 0 Å². The highest BCUT2D eigenvalue weighted by atomic mass is 32.2. The van der Waals surface area contributed by atoms with Crippen LogP contribution in [0.3, 0.4) is 0 Å². The lowest BCUT2D eigenvalue weighted by Crippen LogP contribution is -2.39. The lowest BCUT2D eigenvalue weighted by atomic mass is 9.76. The van der Waals surface area contributed by atoms with Crippen LogP contribution >= 0.6 is 0 Å². The molecule has 0 radical (unpaired) electrons. The Morgan fingerprint density at radius 3 is 2.64 bits per heavy atom. The van der Waals surface area contributed by atoms with Gasteiger partial charge in [0.25, 0.3) is 0 Å². The number of aromatic nitrogens is 1. The Morgan fingerprint density at radius 1 is 1.21 bits per heavy atom. The number of sulfonamides is 1. The summed E-state index contributed by atoms with van der Waals surface area (Å²) in [6.07, 6.45) is 6.77. The van der Waals surface area contributed by atoms with Crippen LogP contribution < -0.4 is 0 Å². The predicted octanol–water partition coefficient (Wildman–Crippen LogP) is 3.04. The van der Waals surface area contributed by atoms with E-state index in [1.54, 1.807) is 4.31 Å². The molecular weight excluding hydrogens is 372 g/mol. The summed E-state index contributed by atoms with van der Waals surface area (Å²) in [5, 5.41) is 10.0. The van der Waals surface area contributed by atoms with Crippen LogP contribution in [0.5, 0.6) is 0 Å². The van der Waals surface area contributed by atoms with Gasteiger partial charge in [-0.2, -0.15) is 0 Å². The molecule has 1 aromatic heterocycles. The van der Waals surface area contributed by atoms with Crippen LogP contribution in [0, 0.1) is 12.8 Å². The first-order valence-electron chi connectivity index (χ1n) is 9.71. The van der Waals surface area contributed by atoms with E-state index in [1.807, 2.05) is 18.3 Å². The maximum absolute atomic E-state index is 11.9. The number of hydrogen-bond donors (Lipinski definition) is 1. The number of aliphatic hydroxyl groups excluding tert-OH is 1. The van der Waals surface area contributed by atoms with Gasteiger partial charge >= 0.3 is 0 Å². The molecule has 1 unspecified atom stereocenters. The summed E-state index contributed by atoms with van der Waals surface area (Å²) < 4.78 is 25.4. The zero-order valence-corrected chi connectivity index (χ0v) is 17.1. The number of fused-ring (bicyclic) bond motifs is 2. The zero-order valence-electron chi connectivity index (χ0n) is 16.3. The first-order chi connectivity index (χ1) is 13.4. The van der Waals surface area contributed by atoms with Crippen molar-refractivity contribution in [3.05, 3.63) is 64.5 Å². The molecule has 0 amide bonds. The van der Waals surface area contributed by atoms with E-state index in [0.29, 0.717) is 19.0 Å². The third-order valence-electron chi connectivity index (χ3n) is 6.00. The highest BCUT2D eigenvalue weighted by molar-refractivity contribution is 7.88. The van der Waals surface area contributed by atoms with E-state index in [2.05, 4.69) is 31.2 Å². The fourth-order valence-corrected chi connectivity index (χ4v) is 5.47. The van der Waals surface area contributed by atoms with E-state index in [0.717, 1.165) is 35.2 Å². The molecule has 0 saturated carbocycles. The van der Waals surface area contributed by atoms with Gasteiger partial charge in [-0.05, 0) is 54.5 Å². The fourth-order valence-electron chi connectivity index (χ4n) is 4.60. The van der Waals surface area contributed by atoms with Gasteiger partial charge in [0.2, 0.25) is 10.0 Å². The second-order valence-electron chi connectivity index (χ2n) is 7.87. The first kappa shape index (κ1) is 19.3. The Morgan fingerprint density at radius 2 is 1.96 bits per heavy atom. The van der Waals surface area contributed by atoms with Gasteiger partial charge in [0.05, 0.1) is 18.6 Å². The van der Waals surface area contributed by atoms with Crippen molar-refractivity contribution >= 4 is 21.7 Å². The number of piperidine rings is 1. The van der Waals surface area contributed by atoms with Gasteiger partial charge in [0, 0.05) is 30.8 Å². The maximum atomic E-state index is 11.9. The Labute approximate surface area is 166 Å². The lowest BCUT2D eigenvalue weighted by molar-refractivity contribution is 0.256. The van der Waals surface area contributed by atoms with E-state index in [4.69, 9.17) is 4.98 Å². The molecule has 2 aromatic rings. The van der Waals surface area contributed by atoms with Gasteiger partial charge in [0.15, 0.2) is 0 Å². The van der Waals surface area contributed by atoms with Crippen molar-refractivity contribution in [1.82, 2.24) is 9.29 Å². The molecule has 1 aliphatic carbocycles. The number of rotatable bonds is 3. The van der Waals surface area contributed by atoms with Gasteiger partial charge in [-0.25, -0.2) is 12.7 Å². The van der Waals surface area contributed by atoms with Crippen molar-refractivity contribution < 1.29 is 13.5 Å². The first-order valence-corrected chi connectivity index (χ1v) is 11.6. The number of hydrogen-bond acceptors (Lipinski definition) is 4. The van der Waals surface area contributed by atoms with Crippen molar-refractivity contribution in [2.75, 3.05) is 26.0 Å². The number of aliphatic hydroxyl groups is 1. The molecule has 148 valence electrons. The Balaban J connectivity index is 1.80. The Bertz CT molecular complexity index is 1020. The van der Waals surface area contributed by atoms with Crippen LogP contribution in [0.4, 0.5) is 0 Å². The van der Waals surface area contributed by atoms with Gasteiger partial charge in [-0.1, -0.05) is 29.8 Å². The molecule has 28 heavy (non-hydrogen) atoms. The fraction of sp³-hybridized carbons (Fsp3) is 0.409. The van der Waals surface area contributed by atoms with Crippen molar-refractivity contribution in [2.24, 2.45) is 5.92 Å². The van der Waals surface area contributed by atoms with Crippen molar-refractivity contribution in [3.63, 3.8) is 0 Å². The minimum absolute atomic E-state index is 0.0364. The lowest BCUT2D eigenvalue weighted by Gasteiger charge is -2.35.